The van der Waals surface area contributed by atoms with Crippen molar-refractivity contribution in [1.82, 2.24) is 4.72 Å². The Kier molecular flexibility index (Phi) is 4.20. The number of rotatable bonds is 4. The molecule has 0 aliphatic carbocycles. The zero-order valence-corrected chi connectivity index (χ0v) is 9.16. The molecule has 1 N–H and O–H groups in total. The van der Waals surface area contributed by atoms with Gasteiger partial charge in [-0.15, -0.1) is 0 Å². The molecule has 74 valence electrons. The second kappa shape index (κ2) is 4.23. The van der Waals surface area contributed by atoms with E-state index in [1.807, 2.05) is 27.7 Å². The summed E-state index contributed by atoms with van der Waals surface area (Å²) in [7, 11) is -3.05. The van der Waals surface area contributed by atoms with E-state index < -0.39 is 10.0 Å². The molecule has 0 atom stereocenters. The summed E-state index contributed by atoms with van der Waals surface area (Å²) in [4.78, 5) is 0. The van der Waals surface area contributed by atoms with E-state index in [4.69, 9.17) is 0 Å². The van der Waals surface area contributed by atoms with Gasteiger partial charge in [0.05, 0.1) is 5.75 Å². The molecule has 0 rings (SSSR count). The molecule has 0 amide bonds. The first kappa shape index (κ1) is 11.9. The monoisotopic (exact) mass is 193 g/mol. The molecule has 12 heavy (non-hydrogen) atoms. The lowest BCUT2D eigenvalue weighted by molar-refractivity contribution is 0.490. The summed E-state index contributed by atoms with van der Waals surface area (Å²) in [6, 6.07) is 0. The minimum absolute atomic E-state index is 0.237. The number of sulfonamides is 1. The Morgan fingerprint density at radius 1 is 1.25 bits per heavy atom. The van der Waals surface area contributed by atoms with Gasteiger partial charge in [0, 0.05) is 5.54 Å². The number of nitrogens with one attached hydrogen (secondary N) is 1. The Bertz CT molecular complexity index is 214. The largest absolute Gasteiger partial charge is 0.212 e. The quantitative estimate of drug-likeness (QED) is 0.735. The summed E-state index contributed by atoms with van der Waals surface area (Å²) in [5.41, 5.74) is -0.355. The van der Waals surface area contributed by atoms with E-state index in [0.29, 0.717) is 0 Å². The maximum Gasteiger partial charge on any atom is 0.212 e. The predicted molar refractivity (Wildman–Crippen MR) is 51.6 cm³/mol. The fraction of sp³-hybridized carbons (Fsp3) is 1.00. The average molecular weight is 193 g/mol. The Morgan fingerprint density at radius 2 is 1.75 bits per heavy atom. The maximum absolute atomic E-state index is 11.3. The zero-order chi connectivity index (χ0) is 9.83. The molecular formula is C8H19NO2S. The molecule has 0 saturated carbocycles. The third-order valence-electron chi connectivity index (χ3n) is 1.23. The third kappa shape index (κ3) is 6.61. The number of hydrogen-bond donors (Lipinski definition) is 1. The highest BCUT2D eigenvalue weighted by Gasteiger charge is 2.18. The van der Waals surface area contributed by atoms with Crippen molar-refractivity contribution >= 4 is 10.0 Å². The minimum Gasteiger partial charge on any atom is -0.212 e. The molecule has 0 radical (unpaired) electrons. The summed E-state index contributed by atoms with van der Waals surface area (Å²) >= 11 is 0. The van der Waals surface area contributed by atoms with Gasteiger partial charge in [-0.25, -0.2) is 13.1 Å². The van der Waals surface area contributed by atoms with E-state index in [1.165, 1.54) is 0 Å². The van der Waals surface area contributed by atoms with Gasteiger partial charge in [0.15, 0.2) is 0 Å². The van der Waals surface area contributed by atoms with Crippen molar-refractivity contribution in [1.29, 1.82) is 0 Å². The van der Waals surface area contributed by atoms with Crippen LogP contribution >= 0.6 is 0 Å². The van der Waals surface area contributed by atoms with Crippen LogP contribution in [0.1, 0.15) is 40.5 Å². The van der Waals surface area contributed by atoms with Crippen molar-refractivity contribution in [3.05, 3.63) is 0 Å². The highest BCUT2D eigenvalue weighted by Crippen LogP contribution is 2.03. The van der Waals surface area contributed by atoms with E-state index in [9.17, 15) is 8.42 Å². The van der Waals surface area contributed by atoms with E-state index in [0.717, 1.165) is 12.8 Å². The van der Waals surface area contributed by atoms with Crippen LogP contribution in [0.5, 0.6) is 0 Å². The highest BCUT2D eigenvalue weighted by atomic mass is 32.2. The van der Waals surface area contributed by atoms with Crippen LogP contribution in [0.25, 0.3) is 0 Å². The van der Waals surface area contributed by atoms with Crippen molar-refractivity contribution in [2.24, 2.45) is 0 Å². The van der Waals surface area contributed by atoms with Crippen LogP contribution in [0.15, 0.2) is 0 Å². The molecule has 0 aliphatic heterocycles. The van der Waals surface area contributed by atoms with E-state index in [1.54, 1.807) is 0 Å². The first-order valence-corrected chi connectivity index (χ1v) is 5.94. The lowest BCUT2D eigenvalue weighted by Crippen LogP contribution is -2.41. The molecule has 0 unspecified atom stereocenters. The molecule has 0 spiro atoms. The fourth-order valence-electron chi connectivity index (χ4n) is 0.852. The standard InChI is InChI=1S/C8H19NO2S/c1-5-6-7-12(10,11)9-8(2,3)4/h9H,5-7H2,1-4H3. The van der Waals surface area contributed by atoms with E-state index in [-0.39, 0.29) is 11.3 Å². The normalized spacial score (nSPS) is 13.3. The van der Waals surface area contributed by atoms with Crippen LogP contribution in [-0.2, 0) is 10.0 Å². The predicted octanol–water partition coefficient (Wildman–Crippen LogP) is 1.50. The minimum atomic E-state index is -3.05. The van der Waals surface area contributed by atoms with Gasteiger partial charge in [-0.1, -0.05) is 13.3 Å². The molecule has 0 heterocycles. The van der Waals surface area contributed by atoms with Gasteiger partial charge in [0.25, 0.3) is 0 Å². The molecule has 3 nitrogen and oxygen atoms in total. The molecule has 4 heteroatoms. The van der Waals surface area contributed by atoms with Gasteiger partial charge < -0.3 is 0 Å². The molecule has 0 aromatic carbocycles. The lowest BCUT2D eigenvalue weighted by Gasteiger charge is -2.20. The summed E-state index contributed by atoms with van der Waals surface area (Å²) in [6.07, 6.45) is 1.64. The molecule has 0 aliphatic rings. The van der Waals surface area contributed by atoms with Crippen LogP contribution in [0.3, 0.4) is 0 Å². The van der Waals surface area contributed by atoms with Gasteiger partial charge in [-0.3, -0.25) is 0 Å². The Labute approximate surface area is 75.6 Å². The topological polar surface area (TPSA) is 46.2 Å². The van der Waals surface area contributed by atoms with Crippen LogP contribution < -0.4 is 4.72 Å². The molecule has 0 bridgehead atoms. The zero-order valence-electron chi connectivity index (χ0n) is 8.35. The van der Waals surface area contributed by atoms with Crippen molar-refractivity contribution in [2.45, 2.75) is 46.1 Å². The van der Waals surface area contributed by atoms with Gasteiger partial charge in [-0.05, 0) is 27.2 Å². The van der Waals surface area contributed by atoms with Crippen molar-refractivity contribution < 1.29 is 8.42 Å². The molecule has 0 fully saturated rings. The van der Waals surface area contributed by atoms with Crippen LogP contribution in [-0.4, -0.2) is 19.7 Å². The molecule has 0 aromatic rings. The first-order chi connectivity index (χ1) is 5.27. The molecule has 0 aromatic heterocycles. The molecular weight excluding hydrogens is 174 g/mol. The summed E-state index contributed by atoms with van der Waals surface area (Å²) in [6.45, 7) is 7.51. The summed E-state index contributed by atoms with van der Waals surface area (Å²) in [5.74, 6) is 0.237. The van der Waals surface area contributed by atoms with Crippen molar-refractivity contribution in [2.75, 3.05) is 5.75 Å². The average Bonchev–Trinajstić information content (AvgIpc) is 1.78. The van der Waals surface area contributed by atoms with Crippen LogP contribution in [0.2, 0.25) is 0 Å². The summed E-state index contributed by atoms with van der Waals surface area (Å²) < 4.78 is 25.2. The van der Waals surface area contributed by atoms with Gasteiger partial charge in [0.1, 0.15) is 0 Å². The second-order valence-electron chi connectivity index (χ2n) is 4.02. The third-order valence-corrected chi connectivity index (χ3v) is 2.98. The van der Waals surface area contributed by atoms with Gasteiger partial charge in [0.2, 0.25) is 10.0 Å². The fourth-order valence-corrected chi connectivity index (χ4v) is 2.56. The number of unbranched alkanes of at least 4 members (excludes halogenated alkanes) is 1. The van der Waals surface area contributed by atoms with E-state index in [2.05, 4.69) is 4.72 Å². The lowest BCUT2D eigenvalue weighted by atomic mass is 10.1. The van der Waals surface area contributed by atoms with Crippen LogP contribution in [0.4, 0.5) is 0 Å². The van der Waals surface area contributed by atoms with E-state index >= 15 is 0 Å². The Morgan fingerprint density at radius 3 is 2.08 bits per heavy atom. The second-order valence-corrected chi connectivity index (χ2v) is 5.87. The summed E-state index contributed by atoms with van der Waals surface area (Å²) in [5, 5.41) is 0. The smallest absolute Gasteiger partial charge is 0.212 e. The SMILES string of the molecule is CCCCS(=O)(=O)NC(C)(C)C. The van der Waals surface area contributed by atoms with Crippen molar-refractivity contribution in [3.8, 4) is 0 Å². The number of hydrogen-bond acceptors (Lipinski definition) is 2. The Balaban J connectivity index is 4.06. The van der Waals surface area contributed by atoms with Gasteiger partial charge in [-0.2, -0.15) is 0 Å². The molecule has 0 saturated heterocycles. The Hall–Kier alpha value is -0.0900. The van der Waals surface area contributed by atoms with Crippen LogP contribution in [0, 0.1) is 0 Å². The highest BCUT2D eigenvalue weighted by molar-refractivity contribution is 7.89. The maximum atomic E-state index is 11.3. The first-order valence-electron chi connectivity index (χ1n) is 4.28. The van der Waals surface area contributed by atoms with Gasteiger partial charge >= 0.3 is 0 Å². The van der Waals surface area contributed by atoms with Crippen molar-refractivity contribution in [3.63, 3.8) is 0 Å².